The molecule has 2 aromatic carbocycles. The van der Waals surface area contributed by atoms with Gasteiger partial charge in [0.05, 0.1) is 12.0 Å². The number of pyridine rings is 1. The van der Waals surface area contributed by atoms with Gasteiger partial charge in [-0.3, -0.25) is 15.2 Å². The topological polar surface area (TPSA) is 66.0 Å². The van der Waals surface area contributed by atoms with Crippen molar-refractivity contribution >= 4 is 23.4 Å². The largest absolute Gasteiger partial charge is 0.326 e. The van der Waals surface area contributed by atoms with Crippen molar-refractivity contribution in [2.75, 3.05) is 11.9 Å². The third-order valence-electron chi connectivity index (χ3n) is 4.73. The second-order valence-corrected chi connectivity index (χ2v) is 7.73. The zero-order valence-corrected chi connectivity index (χ0v) is 16.2. The summed E-state index contributed by atoms with van der Waals surface area (Å²) in [7, 11) is 0. The van der Waals surface area contributed by atoms with Gasteiger partial charge in [-0.25, -0.2) is 5.43 Å². The van der Waals surface area contributed by atoms with E-state index in [9.17, 15) is 4.79 Å². The Kier molecular flexibility index (Phi) is 6.01. The first-order valence-electron chi connectivity index (χ1n) is 9.25. The number of carbonyl (C=O) groups is 1. The van der Waals surface area contributed by atoms with Crippen molar-refractivity contribution in [3.05, 3.63) is 90.3 Å². The molecule has 2 unspecified atom stereocenters. The predicted molar refractivity (Wildman–Crippen MR) is 113 cm³/mol. The Hall–Kier alpha value is -2.67. The zero-order chi connectivity index (χ0) is 19.2. The van der Waals surface area contributed by atoms with E-state index in [4.69, 9.17) is 0 Å². The van der Waals surface area contributed by atoms with Crippen LogP contribution in [0.25, 0.3) is 0 Å². The lowest BCUT2D eigenvalue weighted by atomic mass is 9.94. The maximum absolute atomic E-state index is 12.8. The summed E-state index contributed by atoms with van der Waals surface area (Å²) in [6.07, 6.45) is 3.66. The minimum Gasteiger partial charge on any atom is -0.326 e. The smallest absolute Gasteiger partial charge is 0.230 e. The van der Waals surface area contributed by atoms with Crippen molar-refractivity contribution in [3.8, 4) is 0 Å². The average molecular weight is 391 g/mol. The number of carbonyl (C=O) groups excluding carboxylic acids is 1. The molecule has 0 aliphatic carbocycles. The SMILES string of the molecule is O=C(Nc1ccc(SCc2cccnc2)cc1)C1CNNC1c1ccccc1. The lowest BCUT2D eigenvalue weighted by molar-refractivity contribution is -0.119. The number of hydrogen-bond donors (Lipinski definition) is 3. The van der Waals surface area contributed by atoms with E-state index in [0.29, 0.717) is 6.54 Å². The molecule has 0 saturated carbocycles. The molecule has 3 aromatic rings. The molecule has 6 heteroatoms. The van der Waals surface area contributed by atoms with Gasteiger partial charge >= 0.3 is 0 Å². The van der Waals surface area contributed by atoms with E-state index in [1.54, 1.807) is 18.0 Å². The van der Waals surface area contributed by atoms with Crippen molar-refractivity contribution in [2.24, 2.45) is 5.92 Å². The Balaban J connectivity index is 1.35. The number of rotatable bonds is 6. The molecule has 5 nitrogen and oxygen atoms in total. The maximum Gasteiger partial charge on any atom is 0.230 e. The monoisotopic (exact) mass is 390 g/mol. The van der Waals surface area contributed by atoms with E-state index in [2.05, 4.69) is 27.2 Å². The van der Waals surface area contributed by atoms with Crippen LogP contribution >= 0.6 is 11.8 Å². The van der Waals surface area contributed by atoms with Crippen LogP contribution < -0.4 is 16.2 Å². The van der Waals surface area contributed by atoms with E-state index < -0.39 is 0 Å². The highest BCUT2D eigenvalue weighted by molar-refractivity contribution is 7.98. The number of benzene rings is 2. The summed E-state index contributed by atoms with van der Waals surface area (Å²) in [5.74, 6) is 0.724. The zero-order valence-electron chi connectivity index (χ0n) is 15.3. The highest BCUT2D eigenvalue weighted by atomic mass is 32.2. The number of hydrazine groups is 1. The van der Waals surface area contributed by atoms with Crippen LogP contribution in [0.4, 0.5) is 5.69 Å². The number of amides is 1. The molecule has 1 amide bonds. The first-order valence-corrected chi connectivity index (χ1v) is 10.2. The third-order valence-corrected chi connectivity index (χ3v) is 5.81. The molecule has 1 fully saturated rings. The summed E-state index contributed by atoms with van der Waals surface area (Å²) >= 11 is 1.75. The summed E-state index contributed by atoms with van der Waals surface area (Å²) < 4.78 is 0. The number of aromatic nitrogens is 1. The number of nitrogens with one attached hydrogen (secondary N) is 3. The van der Waals surface area contributed by atoms with Crippen LogP contribution in [0, 0.1) is 5.92 Å². The van der Waals surface area contributed by atoms with Crippen molar-refractivity contribution in [2.45, 2.75) is 16.7 Å². The highest BCUT2D eigenvalue weighted by Gasteiger charge is 2.33. The molecule has 1 aromatic heterocycles. The minimum absolute atomic E-state index is 0.0158. The van der Waals surface area contributed by atoms with Gasteiger partial charge in [0.15, 0.2) is 0 Å². The van der Waals surface area contributed by atoms with Crippen molar-refractivity contribution in [1.29, 1.82) is 0 Å². The predicted octanol–water partition coefficient (Wildman–Crippen LogP) is 3.78. The quantitative estimate of drug-likeness (QED) is 0.559. The summed E-state index contributed by atoms with van der Waals surface area (Å²) in [5.41, 5.74) is 9.43. The minimum atomic E-state index is -0.165. The summed E-state index contributed by atoms with van der Waals surface area (Å²) in [4.78, 5) is 18.1. The fourth-order valence-electron chi connectivity index (χ4n) is 3.24. The van der Waals surface area contributed by atoms with Gasteiger partial charge in [0.1, 0.15) is 0 Å². The first kappa shape index (κ1) is 18.7. The van der Waals surface area contributed by atoms with E-state index in [1.165, 1.54) is 5.56 Å². The Morgan fingerprint density at radius 2 is 1.89 bits per heavy atom. The van der Waals surface area contributed by atoms with Gasteiger partial charge in [-0.1, -0.05) is 36.4 Å². The van der Waals surface area contributed by atoms with Gasteiger partial charge < -0.3 is 5.32 Å². The van der Waals surface area contributed by atoms with Crippen LogP contribution in [0.5, 0.6) is 0 Å². The molecule has 1 aliphatic heterocycles. The second kappa shape index (κ2) is 9.01. The standard InChI is InChI=1S/C22H22N4OS/c27-22(20-14-24-26-21(20)17-6-2-1-3-7-17)25-18-8-10-19(11-9-18)28-15-16-5-4-12-23-13-16/h1-13,20-21,24,26H,14-15H2,(H,25,27). The molecule has 2 atom stereocenters. The molecule has 0 spiro atoms. The van der Waals surface area contributed by atoms with E-state index in [1.807, 2.05) is 66.9 Å². The van der Waals surface area contributed by atoms with Crippen LogP contribution in [0.3, 0.4) is 0 Å². The van der Waals surface area contributed by atoms with E-state index >= 15 is 0 Å². The van der Waals surface area contributed by atoms with Crippen LogP contribution in [0.2, 0.25) is 0 Å². The maximum atomic E-state index is 12.8. The molecule has 4 rings (SSSR count). The number of anilines is 1. The molecule has 2 heterocycles. The second-order valence-electron chi connectivity index (χ2n) is 6.68. The number of nitrogens with zero attached hydrogens (tertiary/aromatic N) is 1. The molecule has 0 bridgehead atoms. The van der Waals surface area contributed by atoms with Crippen LogP contribution in [0.1, 0.15) is 17.2 Å². The van der Waals surface area contributed by atoms with E-state index in [-0.39, 0.29) is 17.9 Å². The molecular weight excluding hydrogens is 368 g/mol. The molecule has 142 valence electrons. The Bertz CT molecular complexity index is 903. The summed E-state index contributed by atoms with van der Waals surface area (Å²) in [5, 5.41) is 3.05. The molecule has 0 radical (unpaired) electrons. The highest BCUT2D eigenvalue weighted by Crippen LogP contribution is 2.27. The molecule has 3 N–H and O–H groups in total. The lowest BCUT2D eigenvalue weighted by Crippen LogP contribution is -2.29. The van der Waals surface area contributed by atoms with Gasteiger partial charge in [0.25, 0.3) is 0 Å². The van der Waals surface area contributed by atoms with Crippen molar-refractivity contribution in [3.63, 3.8) is 0 Å². The lowest BCUT2D eigenvalue weighted by Gasteiger charge is -2.18. The molecule has 28 heavy (non-hydrogen) atoms. The van der Waals surface area contributed by atoms with E-state index in [0.717, 1.165) is 21.9 Å². The molecule has 1 saturated heterocycles. The Morgan fingerprint density at radius 3 is 2.64 bits per heavy atom. The number of thioether (sulfide) groups is 1. The van der Waals surface area contributed by atoms with Crippen LogP contribution in [-0.2, 0) is 10.5 Å². The molecular formula is C22H22N4OS. The summed E-state index contributed by atoms with van der Waals surface area (Å²) in [6.45, 7) is 0.602. The van der Waals surface area contributed by atoms with Gasteiger partial charge in [-0.15, -0.1) is 11.8 Å². The van der Waals surface area contributed by atoms with Crippen LogP contribution in [-0.4, -0.2) is 17.4 Å². The first-order chi connectivity index (χ1) is 13.8. The Labute approximate surface area is 168 Å². The number of hydrogen-bond acceptors (Lipinski definition) is 5. The van der Waals surface area contributed by atoms with Gasteiger partial charge in [0.2, 0.25) is 5.91 Å². The van der Waals surface area contributed by atoms with Gasteiger partial charge in [-0.2, -0.15) is 0 Å². The average Bonchev–Trinajstić information content (AvgIpc) is 3.25. The Morgan fingerprint density at radius 1 is 1.07 bits per heavy atom. The fourth-order valence-corrected chi connectivity index (χ4v) is 4.07. The van der Waals surface area contributed by atoms with Crippen molar-refractivity contribution < 1.29 is 4.79 Å². The fraction of sp³-hybridized carbons (Fsp3) is 0.182. The summed E-state index contributed by atoms with van der Waals surface area (Å²) in [6, 6.07) is 22.0. The van der Waals surface area contributed by atoms with Crippen LogP contribution in [0.15, 0.2) is 84.0 Å². The third kappa shape index (κ3) is 4.59. The van der Waals surface area contributed by atoms with Gasteiger partial charge in [0, 0.05) is 35.3 Å². The van der Waals surface area contributed by atoms with Crippen molar-refractivity contribution in [1.82, 2.24) is 15.8 Å². The molecule has 1 aliphatic rings. The normalized spacial score (nSPS) is 18.7. The van der Waals surface area contributed by atoms with Gasteiger partial charge in [-0.05, 0) is 41.5 Å².